The first kappa shape index (κ1) is 12.4. The predicted octanol–water partition coefficient (Wildman–Crippen LogP) is 2.66. The summed E-state index contributed by atoms with van der Waals surface area (Å²) in [4.78, 5) is 12.1. The smallest absolute Gasteiger partial charge is 0.248 e. The molecule has 0 unspecified atom stereocenters. The normalized spacial score (nSPS) is 10.3. The van der Waals surface area contributed by atoms with Crippen LogP contribution in [-0.4, -0.2) is 5.91 Å². The van der Waals surface area contributed by atoms with Gasteiger partial charge in [0.1, 0.15) is 5.82 Å². The van der Waals surface area contributed by atoms with Crippen LogP contribution in [0.3, 0.4) is 0 Å². The molecule has 18 heavy (non-hydrogen) atoms. The molecule has 0 saturated heterocycles. The monoisotopic (exact) mass is 262 g/mol. The zero-order valence-corrected chi connectivity index (χ0v) is 10.2. The lowest BCUT2D eigenvalue weighted by Crippen LogP contribution is -2.11. The minimum Gasteiger partial charge on any atom is -0.398 e. The molecule has 0 aromatic heterocycles. The molecule has 0 atom stereocenters. The van der Waals surface area contributed by atoms with Crippen molar-refractivity contribution in [3.63, 3.8) is 0 Å². The molecule has 0 spiro atoms. The van der Waals surface area contributed by atoms with Gasteiger partial charge in [-0.3, -0.25) is 4.79 Å². The Morgan fingerprint density at radius 3 is 2.44 bits per heavy atom. The highest BCUT2D eigenvalue weighted by Gasteiger charge is 2.08. The Kier molecular flexibility index (Phi) is 3.53. The van der Waals surface area contributed by atoms with E-state index in [0.717, 1.165) is 0 Å². The number of nitrogens with two attached hydrogens (primary N) is 2. The van der Waals surface area contributed by atoms with Gasteiger partial charge in [0.15, 0.2) is 0 Å². The summed E-state index contributed by atoms with van der Waals surface area (Å²) in [5, 5.41) is 0. The van der Waals surface area contributed by atoms with Gasteiger partial charge in [0, 0.05) is 21.0 Å². The summed E-state index contributed by atoms with van der Waals surface area (Å²) in [6, 6.07) is 11.1. The van der Waals surface area contributed by atoms with Gasteiger partial charge in [-0.25, -0.2) is 4.39 Å². The maximum absolute atomic E-state index is 13.5. The van der Waals surface area contributed by atoms with E-state index >= 15 is 0 Å². The maximum atomic E-state index is 13.5. The number of rotatable bonds is 3. The molecule has 0 aliphatic heterocycles. The van der Waals surface area contributed by atoms with Gasteiger partial charge in [-0.15, -0.1) is 0 Å². The topological polar surface area (TPSA) is 69.1 Å². The number of hydrogen-bond acceptors (Lipinski definition) is 3. The largest absolute Gasteiger partial charge is 0.398 e. The number of anilines is 1. The molecule has 0 fully saturated rings. The highest BCUT2D eigenvalue weighted by molar-refractivity contribution is 7.99. The number of amides is 1. The number of carbonyl (C=O) groups is 1. The van der Waals surface area contributed by atoms with E-state index in [-0.39, 0.29) is 5.82 Å². The SMILES string of the molecule is NC(=O)c1ccc(Sc2ccccc2F)c(N)c1. The van der Waals surface area contributed by atoms with E-state index in [1.54, 1.807) is 30.3 Å². The van der Waals surface area contributed by atoms with Crippen molar-refractivity contribution < 1.29 is 9.18 Å². The van der Waals surface area contributed by atoms with Crippen molar-refractivity contribution in [3.05, 3.63) is 53.8 Å². The van der Waals surface area contributed by atoms with Crippen LogP contribution in [-0.2, 0) is 0 Å². The summed E-state index contributed by atoms with van der Waals surface area (Å²) >= 11 is 1.21. The molecule has 0 radical (unpaired) electrons. The molecular weight excluding hydrogens is 251 g/mol. The highest BCUT2D eigenvalue weighted by Crippen LogP contribution is 2.33. The fourth-order valence-corrected chi connectivity index (χ4v) is 2.30. The molecule has 0 bridgehead atoms. The molecule has 5 heteroatoms. The lowest BCUT2D eigenvalue weighted by molar-refractivity contribution is 0.100. The quantitative estimate of drug-likeness (QED) is 0.835. The van der Waals surface area contributed by atoms with Crippen LogP contribution >= 0.6 is 11.8 Å². The molecule has 0 saturated carbocycles. The van der Waals surface area contributed by atoms with Gasteiger partial charge in [0.25, 0.3) is 0 Å². The van der Waals surface area contributed by atoms with Crippen molar-refractivity contribution >= 4 is 23.4 Å². The molecule has 0 aliphatic rings. The minimum atomic E-state index is -0.538. The van der Waals surface area contributed by atoms with Crippen LogP contribution < -0.4 is 11.5 Å². The first-order valence-electron chi connectivity index (χ1n) is 5.19. The zero-order chi connectivity index (χ0) is 13.1. The minimum absolute atomic E-state index is 0.305. The number of halogens is 1. The summed E-state index contributed by atoms with van der Waals surface area (Å²) in [7, 11) is 0. The standard InChI is InChI=1S/C13H11FN2OS/c14-9-3-1-2-4-11(9)18-12-6-5-8(13(16)17)7-10(12)15/h1-7H,15H2,(H2,16,17). The van der Waals surface area contributed by atoms with Gasteiger partial charge in [0.05, 0.1) is 0 Å². The van der Waals surface area contributed by atoms with Crippen LogP contribution in [0, 0.1) is 5.82 Å². The van der Waals surface area contributed by atoms with E-state index in [1.807, 2.05) is 0 Å². The third kappa shape index (κ3) is 2.62. The molecule has 2 aromatic carbocycles. The summed E-state index contributed by atoms with van der Waals surface area (Å²) in [5.74, 6) is -0.843. The van der Waals surface area contributed by atoms with Gasteiger partial charge in [-0.2, -0.15) is 0 Å². The molecular formula is C13H11FN2OS. The lowest BCUT2D eigenvalue weighted by Gasteiger charge is -2.07. The van der Waals surface area contributed by atoms with Gasteiger partial charge >= 0.3 is 0 Å². The number of hydrogen-bond donors (Lipinski definition) is 2. The lowest BCUT2D eigenvalue weighted by atomic mass is 10.2. The van der Waals surface area contributed by atoms with Crippen molar-refractivity contribution in [1.82, 2.24) is 0 Å². The van der Waals surface area contributed by atoms with E-state index in [9.17, 15) is 9.18 Å². The zero-order valence-electron chi connectivity index (χ0n) is 9.39. The third-order valence-corrected chi connectivity index (χ3v) is 3.49. The second-order valence-electron chi connectivity index (χ2n) is 3.65. The first-order valence-corrected chi connectivity index (χ1v) is 6.01. The second-order valence-corrected chi connectivity index (χ2v) is 4.73. The molecule has 2 rings (SSSR count). The molecule has 0 aliphatic carbocycles. The van der Waals surface area contributed by atoms with Gasteiger partial charge < -0.3 is 11.5 Å². The Morgan fingerprint density at radius 2 is 1.83 bits per heavy atom. The van der Waals surface area contributed by atoms with Crippen molar-refractivity contribution in [2.75, 3.05) is 5.73 Å². The fraction of sp³-hybridized carbons (Fsp3) is 0. The van der Waals surface area contributed by atoms with Crippen molar-refractivity contribution in [3.8, 4) is 0 Å². The summed E-state index contributed by atoms with van der Waals surface area (Å²) in [5.41, 5.74) is 11.7. The average Bonchev–Trinajstić information content (AvgIpc) is 2.34. The van der Waals surface area contributed by atoms with Crippen molar-refractivity contribution in [2.24, 2.45) is 5.73 Å². The number of benzene rings is 2. The summed E-state index contributed by atoms with van der Waals surface area (Å²) in [6.45, 7) is 0. The molecule has 1 amide bonds. The Balaban J connectivity index is 2.30. The van der Waals surface area contributed by atoms with Crippen LogP contribution in [0.5, 0.6) is 0 Å². The van der Waals surface area contributed by atoms with Gasteiger partial charge in [0.2, 0.25) is 5.91 Å². The van der Waals surface area contributed by atoms with Crippen molar-refractivity contribution in [2.45, 2.75) is 9.79 Å². The van der Waals surface area contributed by atoms with Gasteiger partial charge in [-0.1, -0.05) is 23.9 Å². The summed E-state index contributed by atoms with van der Waals surface area (Å²) in [6.07, 6.45) is 0. The van der Waals surface area contributed by atoms with Crippen LogP contribution in [0.25, 0.3) is 0 Å². The second kappa shape index (κ2) is 5.10. The first-order chi connectivity index (χ1) is 8.58. The Morgan fingerprint density at radius 1 is 1.11 bits per heavy atom. The number of carbonyl (C=O) groups excluding carboxylic acids is 1. The Hall–Kier alpha value is -2.01. The molecule has 0 heterocycles. The predicted molar refractivity (Wildman–Crippen MR) is 69.9 cm³/mol. The molecule has 3 nitrogen and oxygen atoms in total. The summed E-state index contributed by atoms with van der Waals surface area (Å²) < 4.78 is 13.5. The third-order valence-electron chi connectivity index (χ3n) is 2.35. The highest BCUT2D eigenvalue weighted by atomic mass is 32.2. The van der Waals surface area contributed by atoms with E-state index < -0.39 is 5.91 Å². The van der Waals surface area contributed by atoms with Gasteiger partial charge in [-0.05, 0) is 30.3 Å². The molecule has 92 valence electrons. The number of nitrogen functional groups attached to an aromatic ring is 1. The fourth-order valence-electron chi connectivity index (χ4n) is 1.44. The van der Waals surface area contributed by atoms with Crippen LogP contribution in [0.1, 0.15) is 10.4 Å². The average molecular weight is 262 g/mol. The van der Waals surface area contributed by atoms with Crippen molar-refractivity contribution in [1.29, 1.82) is 0 Å². The van der Waals surface area contributed by atoms with Crippen LogP contribution in [0.15, 0.2) is 52.3 Å². The molecule has 2 aromatic rings. The van der Waals surface area contributed by atoms with E-state index in [2.05, 4.69) is 0 Å². The van der Waals surface area contributed by atoms with E-state index in [0.29, 0.717) is 21.0 Å². The van der Waals surface area contributed by atoms with E-state index in [1.165, 1.54) is 23.9 Å². The van der Waals surface area contributed by atoms with E-state index in [4.69, 9.17) is 11.5 Å². The van der Waals surface area contributed by atoms with Crippen LogP contribution in [0.2, 0.25) is 0 Å². The molecule has 4 N–H and O–H groups in total. The van der Waals surface area contributed by atoms with Crippen LogP contribution in [0.4, 0.5) is 10.1 Å². The maximum Gasteiger partial charge on any atom is 0.248 e. The Bertz CT molecular complexity index is 601. The number of primary amides is 1. The Labute approximate surface area is 108 Å².